The van der Waals surface area contributed by atoms with Crippen molar-refractivity contribution in [3.05, 3.63) is 29.8 Å². The smallest absolute Gasteiger partial charge is 0.0364 e. The van der Waals surface area contributed by atoms with Crippen LogP contribution >= 0.6 is 0 Å². The van der Waals surface area contributed by atoms with Gasteiger partial charge in [-0.2, -0.15) is 0 Å². The van der Waals surface area contributed by atoms with E-state index >= 15 is 0 Å². The second kappa shape index (κ2) is 8.21. The van der Waals surface area contributed by atoms with Crippen LogP contribution in [-0.4, -0.2) is 20.6 Å². The molecular weight excluding hydrogens is 232 g/mol. The monoisotopic (exact) mass is 262 g/mol. The molecule has 1 N–H and O–H groups in total. The lowest BCUT2D eigenvalue weighted by molar-refractivity contribution is 0.363. The Kier molecular flexibility index (Phi) is 6.93. The molecule has 1 aromatic carbocycles. The molecule has 2 nitrogen and oxygen atoms in total. The van der Waals surface area contributed by atoms with Crippen molar-refractivity contribution >= 4 is 5.69 Å². The summed E-state index contributed by atoms with van der Waals surface area (Å²) in [4.78, 5) is 2.17. The highest BCUT2D eigenvalue weighted by atomic mass is 15.1. The lowest BCUT2D eigenvalue weighted by Crippen LogP contribution is -2.28. The largest absolute Gasteiger partial charge is 0.378 e. The average molecular weight is 262 g/mol. The molecule has 0 amide bonds. The van der Waals surface area contributed by atoms with Crippen LogP contribution < -0.4 is 10.2 Å². The summed E-state index contributed by atoms with van der Waals surface area (Å²) < 4.78 is 0. The normalized spacial score (nSPS) is 14.2. The van der Waals surface area contributed by atoms with Gasteiger partial charge in [0.15, 0.2) is 0 Å². The van der Waals surface area contributed by atoms with Gasteiger partial charge in [0.1, 0.15) is 0 Å². The first kappa shape index (κ1) is 16.0. The lowest BCUT2D eigenvalue weighted by Gasteiger charge is -2.26. The van der Waals surface area contributed by atoms with Crippen molar-refractivity contribution in [2.45, 2.75) is 46.1 Å². The molecule has 0 bridgehead atoms. The molecule has 0 radical (unpaired) electrons. The molecular formula is C17H30N2. The number of rotatable bonds is 8. The molecule has 2 heteroatoms. The van der Waals surface area contributed by atoms with E-state index in [2.05, 4.69) is 69.3 Å². The van der Waals surface area contributed by atoms with E-state index in [1.165, 1.54) is 30.5 Å². The molecule has 1 aromatic rings. The van der Waals surface area contributed by atoms with E-state index in [0.717, 1.165) is 6.54 Å². The molecule has 0 heterocycles. The number of hydrogen-bond acceptors (Lipinski definition) is 2. The third-order valence-electron chi connectivity index (χ3n) is 3.67. The molecule has 108 valence electrons. The Morgan fingerprint density at radius 3 is 2.47 bits per heavy atom. The van der Waals surface area contributed by atoms with Crippen molar-refractivity contribution in [1.82, 2.24) is 5.32 Å². The summed E-state index contributed by atoms with van der Waals surface area (Å²) in [6, 6.07) is 9.39. The first-order valence-electron chi connectivity index (χ1n) is 7.60. The minimum atomic E-state index is 0.472. The van der Waals surface area contributed by atoms with Gasteiger partial charge in [-0.3, -0.25) is 0 Å². The molecule has 0 aromatic heterocycles. The van der Waals surface area contributed by atoms with E-state index in [9.17, 15) is 0 Å². The first-order valence-corrected chi connectivity index (χ1v) is 7.60. The van der Waals surface area contributed by atoms with Gasteiger partial charge in [-0.05, 0) is 43.0 Å². The maximum atomic E-state index is 3.72. The maximum Gasteiger partial charge on any atom is 0.0364 e. The van der Waals surface area contributed by atoms with E-state index in [1.54, 1.807) is 0 Å². The summed E-state index contributed by atoms with van der Waals surface area (Å²) in [5, 5.41) is 3.72. The zero-order valence-corrected chi connectivity index (χ0v) is 13.2. The first-order chi connectivity index (χ1) is 9.10. The minimum absolute atomic E-state index is 0.472. The molecule has 19 heavy (non-hydrogen) atoms. The third kappa shape index (κ3) is 4.87. The average Bonchev–Trinajstić information content (AvgIpc) is 2.40. The molecule has 0 aliphatic rings. The highest BCUT2D eigenvalue weighted by Gasteiger charge is 2.18. The van der Waals surface area contributed by atoms with E-state index in [4.69, 9.17) is 0 Å². The quantitative estimate of drug-likeness (QED) is 0.754. The van der Waals surface area contributed by atoms with Crippen LogP contribution in [0.4, 0.5) is 5.69 Å². The molecule has 1 rings (SSSR count). The van der Waals surface area contributed by atoms with Crippen LogP contribution in [0.15, 0.2) is 24.3 Å². The highest BCUT2D eigenvalue weighted by Crippen LogP contribution is 2.28. The third-order valence-corrected chi connectivity index (χ3v) is 3.67. The van der Waals surface area contributed by atoms with E-state index in [-0.39, 0.29) is 0 Å². The molecule has 0 saturated carbocycles. The van der Waals surface area contributed by atoms with E-state index < -0.39 is 0 Å². The summed E-state index contributed by atoms with van der Waals surface area (Å²) in [5.41, 5.74) is 2.70. The van der Waals surface area contributed by atoms with Crippen LogP contribution in [0.1, 0.15) is 51.6 Å². The van der Waals surface area contributed by atoms with Gasteiger partial charge in [0, 0.05) is 25.8 Å². The van der Waals surface area contributed by atoms with Crippen molar-refractivity contribution in [3.63, 3.8) is 0 Å². The highest BCUT2D eigenvalue weighted by molar-refractivity contribution is 5.47. The molecule has 0 aliphatic carbocycles. The van der Waals surface area contributed by atoms with Gasteiger partial charge in [0.25, 0.3) is 0 Å². The molecule has 2 atom stereocenters. The van der Waals surface area contributed by atoms with Gasteiger partial charge in [0.2, 0.25) is 0 Å². The van der Waals surface area contributed by atoms with Crippen LogP contribution in [0.2, 0.25) is 0 Å². The Balaban J connectivity index is 2.92. The summed E-state index contributed by atoms with van der Waals surface area (Å²) in [5.74, 6) is 0.675. The number of benzene rings is 1. The van der Waals surface area contributed by atoms with Gasteiger partial charge >= 0.3 is 0 Å². The summed E-state index contributed by atoms with van der Waals surface area (Å²) in [6.45, 7) is 7.94. The summed E-state index contributed by atoms with van der Waals surface area (Å²) >= 11 is 0. The second-order valence-corrected chi connectivity index (χ2v) is 5.69. The number of hydrogen-bond donors (Lipinski definition) is 1. The zero-order valence-electron chi connectivity index (χ0n) is 13.2. The minimum Gasteiger partial charge on any atom is -0.378 e. The number of anilines is 1. The van der Waals surface area contributed by atoms with Crippen LogP contribution in [0, 0.1) is 5.92 Å². The SMILES string of the molecule is CCCNC(c1cccc(N(C)C)c1)C(C)CCC. The Hall–Kier alpha value is -1.02. The van der Waals surface area contributed by atoms with Gasteiger partial charge in [0.05, 0.1) is 0 Å². The summed E-state index contributed by atoms with van der Waals surface area (Å²) in [7, 11) is 4.20. The standard InChI is InChI=1S/C17H30N2/c1-6-9-14(3)17(18-12-7-2)15-10-8-11-16(13-15)19(4)5/h8,10-11,13-14,17-18H,6-7,9,12H2,1-5H3. The van der Waals surface area contributed by atoms with Crippen LogP contribution in [-0.2, 0) is 0 Å². The number of nitrogens with one attached hydrogen (secondary N) is 1. The maximum absolute atomic E-state index is 3.72. The predicted molar refractivity (Wildman–Crippen MR) is 85.9 cm³/mol. The van der Waals surface area contributed by atoms with Gasteiger partial charge < -0.3 is 10.2 Å². The topological polar surface area (TPSA) is 15.3 Å². The Labute approximate surface area is 119 Å². The lowest BCUT2D eigenvalue weighted by atomic mass is 9.90. The Bertz CT molecular complexity index is 360. The van der Waals surface area contributed by atoms with Crippen molar-refractivity contribution < 1.29 is 0 Å². The predicted octanol–water partition coefficient (Wildman–Crippen LogP) is 4.23. The van der Waals surface area contributed by atoms with E-state index in [0.29, 0.717) is 12.0 Å². The fourth-order valence-electron chi connectivity index (χ4n) is 2.57. The fourth-order valence-corrected chi connectivity index (χ4v) is 2.57. The van der Waals surface area contributed by atoms with Crippen LogP contribution in [0.25, 0.3) is 0 Å². The van der Waals surface area contributed by atoms with Crippen molar-refractivity contribution in [1.29, 1.82) is 0 Å². The second-order valence-electron chi connectivity index (χ2n) is 5.69. The molecule has 0 saturated heterocycles. The molecule has 2 unspecified atom stereocenters. The zero-order chi connectivity index (χ0) is 14.3. The van der Waals surface area contributed by atoms with Gasteiger partial charge in [-0.25, -0.2) is 0 Å². The van der Waals surface area contributed by atoms with Crippen LogP contribution in [0.3, 0.4) is 0 Å². The van der Waals surface area contributed by atoms with Gasteiger partial charge in [-0.15, -0.1) is 0 Å². The fraction of sp³-hybridized carbons (Fsp3) is 0.647. The Morgan fingerprint density at radius 2 is 1.89 bits per heavy atom. The molecule has 0 fully saturated rings. The Morgan fingerprint density at radius 1 is 1.16 bits per heavy atom. The molecule has 0 spiro atoms. The summed E-state index contributed by atoms with van der Waals surface area (Å²) in [6.07, 6.45) is 3.70. The van der Waals surface area contributed by atoms with Crippen LogP contribution in [0.5, 0.6) is 0 Å². The number of nitrogens with zero attached hydrogens (tertiary/aromatic N) is 1. The van der Waals surface area contributed by atoms with Gasteiger partial charge in [-0.1, -0.05) is 39.3 Å². The van der Waals surface area contributed by atoms with Crippen molar-refractivity contribution in [2.75, 3.05) is 25.5 Å². The van der Waals surface area contributed by atoms with E-state index in [1.807, 2.05) is 0 Å². The molecule has 0 aliphatic heterocycles. The van der Waals surface area contributed by atoms with Crippen molar-refractivity contribution in [3.8, 4) is 0 Å². The van der Waals surface area contributed by atoms with Crippen molar-refractivity contribution in [2.24, 2.45) is 5.92 Å².